The van der Waals surface area contributed by atoms with Crippen LogP contribution in [0.1, 0.15) is 37.6 Å². The van der Waals surface area contributed by atoms with E-state index < -0.39 is 0 Å². The van der Waals surface area contributed by atoms with E-state index >= 15 is 0 Å². The van der Waals surface area contributed by atoms with E-state index in [-0.39, 0.29) is 0 Å². The van der Waals surface area contributed by atoms with Crippen molar-refractivity contribution in [2.45, 2.75) is 41.0 Å². The maximum Gasteiger partial charge on any atom is 0.0148 e. The van der Waals surface area contributed by atoms with E-state index in [1.165, 1.54) is 16.8 Å². The fourth-order valence-corrected chi connectivity index (χ4v) is 1.02. The average molecular weight is 153 g/mol. The van der Waals surface area contributed by atoms with Gasteiger partial charge in [-0.1, -0.05) is 20.8 Å². The lowest BCUT2D eigenvalue weighted by atomic mass is 10.1. The lowest BCUT2D eigenvalue weighted by Crippen LogP contribution is -1.78. The highest BCUT2D eigenvalue weighted by molar-refractivity contribution is 5.28. The van der Waals surface area contributed by atoms with Crippen LogP contribution in [-0.2, 0) is 6.42 Å². The van der Waals surface area contributed by atoms with Crippen LogP contribution in [0.3, 0.4) is 0 Å². The lowest BCUT2D eigenvalue weighted by molar-refractivity contribution is 1.12. The second-order valence-electron chi connectivity index (χ2n) is 2.42. The molecular weight excluding hydrogens is 134 g/mol. The minimum Gasteiger partial charge on any atom is -0.365 e. The Morgan fingerprint density at radius 1 is 1.27 bits per heavy atom. The fourth-order valence-electron chi connectivity index (χ4n) is 1.02. The van der Waals surface area contributed by atoms with Crippen LogP contribution < -0.4 is 0 Å². The smallest absolute Gasteiger partial charge is 0.0148 e. The Balaban J connectivity index is 0.000000461. The summed E-state index contributed by atoms with van der Waals surface area (Å²) in [5.41, 5.74) is 4.15. The van der Waals surface area contributed by atoms with E-state index in [4.69, 9.17) is 0 Å². The second-order valence-corrected chi connectivity index (χ2v) is 2.42. The molecule has 0 aromatic carbocycles. The maximum absolute atomic E-state index is 3.19. The summed E-state index contributed by atoms with van der Waals surface area (Å²) in [4.78, 5) is 3.19. The molecule has 0 bridgehead atoms. The molecule has 1 nitrogen and oxygen atoms in total. The predicted octanol–water partition coefficient (Wildman–Crippen LogP) is 3.22. The zero-order chi connectivity index (χ0) is 8.85. The number of nitrogens with one attached hydrogen (secondary N) is 1. The van der Waals surface area contributed by atoms with Gasteiger partial charge in [-0.25, -0.2) is 0 Å². The van der Waals surface area contributed by atoms with Gasteiger partial charge < -0.3 is 4.98 Å². The van der Waals surface area contributed by atoms with E-state index in [2.05, 4.69) is 32.0 Å². The van der Waals surface area contributed by atoms with Crippen LogP contribution in [-0.4, -0.2) is 4.98 Å². The second kappa shape index (κ2) is 5.00. The first kappa shape index (κ1) is 10.3. The number of H-pyrrole nitrogens is 1. The number of rotatable bonds is 1. The van der Waals surface area contributed by atoms with Gasteiger partial charge >= 0.3 is 0 Å². The van der Waals surface area contributed by atoms with Crippen molar-refractivity contribution >= 4 is 0 Å². The molecule has 0 aliphatic heterocycles. The highest BCUT2D eigenvalue weighted by atomic mass is 14.7. The third-order valence-electron chi connectivity index (χ3n) is 1.89. The molecule has 0 aliphatic carbocycles. The van der Waals surface area contributed by atoms with Gasteiger partial charge in [0.15, 0.2) is 0 Å². The Bertz CT molecular complexity index is 199. The summed E-state index contributed by atoms with van der Waals surface area (Å²) in [7, 11) is 0. The molecule has 0 amide bonds. The summed E-state index contributed by atoms with van der Waals surface area (Å²) in [6.45, 7) is 10.4. The molecule has 0 fully saturated rings. The third-order valence-corrected chi connectivity index (χ3v) is 1.89. The van der Waals surface area contributed by atoms with Crippen molar-refractivity contribution in [2.75, 3.05) is 0 Å². The van der Waals surface area contributed by atoms with Crippen LogP contribution in [0.4, 0.5) is 0 Å². The zero-order valence-corrected chi connectivity index (χ0v) is 8.28. The Kier molecular flexibility index (Phi) is 4.67. The molecule has 11 heavy (non-hydrogen) atoms. The van der Waals surface area contributed by atoms with Crippen LogP contribution in [0.25, 0.3) is 0 Å². The molecule has 0 atom stereocenters. The van der Waals surface area contributed by atoms with Gasteiger partial charge in [0.2, 0.25) is 0 Å². The van der Waals surface area contributed by atoms with Crippen LogP contribution in [0.5, 0.6) is 0 Å². The van der Waals surface area contributed by atoms with Crippen molar-refractivity contribution in [3.05, 3.63) is 23.0 Å². The Labute approximate surface area is 69.8 Å². The molecule has 1 heterocycles. The van der Waals surface area contributed by atoms with Gasteiger partial charge in [-0.05, 0) is 31.4 Å². The van der Waals surface area contributed by atoms with Crippen LogP contribution in [0, 0.1) is 13.8 Å². The van der Waals surface area contributed by atoms with Crippen LogP contribution in [0.2, 0.25) is 0 Å². The van der Waals surface area contributed by atoms with Gasteiger partial charge in [-0.3, -0.25) is 0 Å². The van der Waals surface area contributed by atoms with Crippen molar-refractivity contribution in [1.29, 1.82) is 0 Å². The van der Waals surface area contributed by atoms with E-state index in [1.54, 1.807) is 0 Å². The summed E-state index contributed by atoms with van der Waals surface area (Å²) >= 11 is 0. The fraction of sp³-hybridized carbons (Fsp3) is 0.600. The molecule has 0 saturated carbocycles. The largest absolute Gasteiger partial charge is 0.365 e. The van der Waals surface area contributed by atoms with Crippen molar-refractivity contribution in [2.24, 2.45) is 0 Å². The molecular formula is C10H19N. The number of aryl methyl sites for hydroxylation is 2. The number of hydrogen-bond donors (Lipinski definition) is 1. The minimum absolute atomic E-state index is 1.14. The Hall–Kier alpha value is -0.720. The average Bonchev–Trinajstić information content (AvgIpc) is 2.37. The summed E-state index contributed by atoms with van der Waals surface area (Å²) in [6, 6.07) is 0. The first-order valence-electron chi connectivity index (χ1n) is 4.39. The van der Waals surface area contributed by atoms with Crippen LogP contribution in [0.15, 0.2) is 6.20 Å². The van der Waals surface area contributed by atoms with Gasteiger partial charge in [-0.15, -0.1) is 0 Å². The monoisotopic (exact) mass is 153 g/mol. The van der Waals surface area contributed by atoms with Gasteiger partial charge in [0.25, 0.3) is 0 Å². The highest BCUT2D eigenvalue weighted by Gasteiger charge is 1.98. The highest BCUT2D eigenvalue weighted by Crippen LogP contribution is 2.10. The molecule has 0 saturated heterocycles. The Morgan fingerprint density at radius 2 is 1.82 bits per heavy atom. The van der Waals surface area contributed by atoms with Crippen molar-refractivity contribution in [3.63, 3.8) is 0 Å². The van der Waals surface area contributed by atoms with Crippen molar-refractivity contribution in [3.8, 4) is 0 Å². The van der Waals surface area contributed by atoms with E-state index in [1.807, 2.05) is 13.8 Å². The van der Waals surface area contributed by atoms with E-state index in [0.29, 0.717) is 0 Å². The van der Waals surface area contributed by atoms with Crippen molar-refractivity contribution < 1.29 is 0 Å². The summed E-state index contributed by atoms with van der Waals surface area (Å²) in [5.74, 6) is 0. The molecule has 1 rings (SSSR count). The summed E-state index contributed by atoms with van der Waals surface area (Å²) in [5, 5.41) is 0. The molecule has 1 heteroatoms. The third kappa shape index (κ3) is 2.41. The van der Waals surface area contributed by atoms with Crippen molar-refractivity contribution in [1.82, 2.24) is 4.98 Å². The zero-order valence-electron chi connectivity index (χ0n) is 8.28. The van der Waals surface area contributed by atoms with Gasteiger partial charge in [0.1, 0.15) is 0 Å². The molecule has 0 aliphatic rings. The number of aromatic amines is 1. The predicted molar refractivity (Wildman–Crippen MR) is 51.0 cm³/mol. The normalized spacial score (nSPS) is 8.82. The molecule has 64 valence electrons. The number of hydrogen-bond acceptors (Lipinski definition) is 0. The maximum atomic E-state index is 3.19. The quantitative estimate of drug-likeness (QED) is 0.637. The number of aromatic nitrogens is 1. The molecule has 0 unspecified atom stereocenters. The Morgan fingerprint density at radius 3 is 2.00 bits per heavy atom. The molecule has 0 radical (unpaired) electrons. The molecule has 1 aromatic heterocycles. The molecule has 1 N–H and O–H groups in total. The van der Waals surface area contributed by atoms with E-state index in [9.17, 15) is 0 Å². The lowest BCUT2D eigenvalue weighted by Gasteiger charge is -1.91. The first-order chi connectivity index (χ1) is 5.25. The molecule has 1 aromatic rings. The standard InChI is InChI=1S/C8H13N.C2H6/c1-4-8-5-9-7(3)6(8)2;1-2/h5,9H,4H2,1-3H3;1-2H3. The van der Waals surface area contributed by atoms with Gasteiger partial charge in [-0.2, -0.15) is 0 Å². The van der Waals surface area contributed by atoms with Gasteiger partial charge in [0, 0.05) is 11.9 Å². The SMILES string of the molecule is CC.CCc1c[nH]c(C)c1C. The summed E-state index contributed by atoms with van der Waals surface area (Å²) < 4.78 is 0. The van der Waals surface area contributed by atoms with Gasteiger partial charge in [0.05, 0.1) is 0 Å². The summed E-state index contributed by atoms with van der Waals surface area (Å²) in [6.07, 6.45) is 3.22. The van der Waals surface area contributed by atoms with Crippen LogP contribution >= 0.6 is 0 Å². The first-order valence-corrected chi connectivity index (χ1v) is 4.39. The topological polar surface area (TPSA) is 15.8 Å². The molecule has 0 spiro atoms. The minimum atomic E-state index is 1.14. The van der Waals surface area contributed by atoms with E-state index in [0.717, 1.165) is 6.42 Å².